The summed E-state index contributed by atoms with van der Waals surface area (Å²) in [7, 11) is 0. The van der Waals surface area contributed by atoms with E-state index in [0.717, 1.165) is 23.1 Å². The number of aromatic nitrogens is 2. The van der Waals surface area contributed by atoms with Crippen molar-refractivity contribution in [1.29, 1.82) is 0 Å². The molecule has 8 heteroatoms. The zero-order valence-corrected chi connectivity index (χ0v) is 17.1. The van der Waals surface area contributed by atoms with E-state index in [9.17, 15) is 9.59 Å². The fourth-order valence-corrected chi connectivity index (χ4v) is 4.28. The van der Waals surface area contributed by atoms with E-state index in [-0.39, 0.29) is 17.7 Å². The second-order valence-electron chi connectivity index (χ2n) is 7.28. The molecule has 1 saturated heterocycles. The summed E-state index contributed by atoms with van der Waals surface area (Å²) in [6.45, 7) is 3.43. The maximum absolute atomic E-state index is 12.6. The van der Waals surface area contributed by atoms with Gasteiger partial charge in [-0.2, -0.15) is 16.4 Å². The maximum Gasteiger partial charge on any atom is 0.228 e. The summed E-state index contributed by atoms with van der Waals surface area (Å²) in [5, 5.41) is 15.2. The van der Waals surface area contributed by atoms with Gasteiger partial charge in [0.1, 0.15) is 5.75 Å². The normalized spacial score (nSPS) is 14.9. The number of fused-ring (bicyclic) bond motifs is 1. The molecule has 0 spiro atoms. The zero-order valence-electron chi connectivity index (χ0n) is 16.3. The molecule has 1 fully saturated rings. The maximum atomic E-state index is 12.6. The molecule has 1 aliphatic rings. The first-order chi connectivity index (χ1) is 14.1. The second-order valence-corrected chi connectivity index (χ2v) is 8.06. The van der Waals surface area contributed by atoms with Gasteiger partial charge in [-0.1, -0.05) is 0 Å². The van der Waals surface area contributed by atoms with Crippen LogP contribution in [0.15, 0.2) is 35.0 Å². The van der Waals surface area contributed by atoms with Crippen LogP contribution in [0.4, 0.5) is 5.82 Å². The fourth-order valence-electron chi connectivity index (χ4n) is 3.58. The van der Waals surface area contributed by atoms with Gasteiger partial charge in [0.25, 0.3) is 0 Å². The number of likely N-dealkylation sites (tertiary alicyclic amines) is 1. The molecule has 29 heavy (non-hydrogen) atoms. The zero-order chi connectivity index (χ0) is 20.2. The topological polar surface area (TPSA) is 87.3 Å². The van der Waals surface area contributed by atoms with Crippen molar-refractivity contribution < 1.29 is 14.3 Å². The number of benzene rings is 1. The summed E-state index contributed by atoms with van der Waals surface area (Å²) in [5.74, 6) is 1.22. The first-order valence-corrected chi connectivity index (χ1v) is 10.7. The summed E-state index contributed by atoms with van der Waals surface area (Å²) >= 11 is 1.69. The second kappa shape index (κ2) is 8.65. The van der Waals surface area contributed by atoms with E-state index in [1.54, 1.807) is 23.2 Å². The van der Waals surface area contributed by atoms with Gasteiger partial charge in [0.05, 0.1) is 12.1 Å². The molecule has 1 aliphatic heterocycles. The van der Waals surface area contributed by atoms with Crippen molar-refractivity contribution in [1.82, 2.24) is 15.1 Å². The molecule has 0 atom stereocenters. The highest BCUT2D eigenvalue weighted by atomic mass is 32.1. The van der Waals surface area contributed by atoms with Gasteiger partial charge >= 0.3 is 0 Å². The standard InChI is InChI=1S/C21H24N4O3S/c1-14(26)25-8-4-16(5-9-25)21(27)22-20-18-3-2-17(12-19(18)23-24-20)28-10-6-15-7-11-29-13-15/h2-3,7,11-13,16H,4-6,8-10H2,1H3,(H2,22,23,24,27). The third-order valence-corrected chi connectivity index (χ3v) is 6.06. The van der Waals surface area contributed by atoms with Crippen LogP contribution in [0.1, 0.15) is 25.3 Å². The quantitative estimate of drug-likeness (QED) is 0.649. The van der Waals surface area contributed by atoms with E-state index in [4.69, 9.17) is 4.74 Å². The largest absolute Gasteiger partial charge is 0.493 e. The molecule has 7 nitrogen and oxygen atoms in total. The smallest absolute Gasteiger partial charge is 0.228 e. The van der Waals surface area contributed by atoms with Gasteiger partial charge < -0.3 is 15.0 Å². The molecule has 0 radical (unpaired) electrons. The molecule has 2 aromatic heterocycles. The number of ether oxygens (including phenoxy) is 1. The highest BCUT2D eigenvalue weighted by Gasteiger charge is 2.26. The first kappa shape index (κ1) is 19.4. The number of hydrogen-bond acceptors (Lipinski definition) is 5. The van der Waals surface area contributed by atoms with Crippen molar-refractivity contribution in [2.24, 2.45) is 5.92 Å². The number of rotatable bonds is 6. The van der Waals surface area contributed by atoms with Crippen molar-refractivity contribution in [2.45, 2.75) is 26.2 Å². The molecule has 3 heterocycles. The molecule has 0 unspecified atom stereocenters. The van der Waals surface area contributed by atoms with E-state index in [1.165, 1.54) is 5.56 Å². The number of H-pyrrole nitrogens is 1. The van der Waals surface area contributed by atoms with Crippen LogP contribution < -0.4 is 10.1 Å². The number of anilines is 1. The summed E-state index contributed by atoms with van der Waals surface area (Å²) in [5.41, 5.74) is 2.09. The summed E-state index contributed by atoms with van der Waals surface area (Å²) < 4.78 is 5.84. The summed E-state index contributed by atoms with van der Waals surface area (Å²) in [4.78, 5) is 25.8. The van der Waals surface area contributed by atoms with Gasteiger partial charge in [-0.25, -0.2) is 0 Å². The molecule has 0 bridgehead atoms. The van der Waals surface area contributed by atoms with Crippen LogP contribution in [0.5, 0.6) is 5.75 Å². The predicted molar refractivity (Wildman–Crippen MR) is 113 cm³/mol. The lowest BCUT2D eigenvalue weighted by Crippen LogP contribution is -2.40. The van der Waals surface area contributed by atoms with Gasteiger partial charge in [-0.15, -0.1) is 0 Å². The Morgan fingerprint density at radius 1 is 1.31 bits per heavy atom. The predicted octanol–water partition coefficient (Wildman–Crippen LogP) is 3.44. The Morgan fingerprint density at radius 3 is 2.86 bits per heavy atom. The number of amides is 2. The first-order valence-electron chi connectivity index (χ1n) is 9.78. The number of nitrogens with zero attached hydrogens (tertiary/aromatic N) is 2. The van der Waals surface area contributed by atoms with Crippen molar-refractivity contribution >= 4 is 39.9 Å². The Kier molecular flexibility index (Phi) is 5.80. The minimum absolute atomic E-state index is 0.0438. The number of hydrogen-bond donors (Lipinski definition) is 2. The number of thiophene rings is 1. The Labute approximate surface area is 173 Å². The molecule has 2 amide bonds. The minimum Gasteiger partial charge on any atom is -0.493 e. The molecule has 152 valence electrons. The molecule has 0 aliphatic carbocycles. The molecule has 3 aromatic rings. The Hall–Kier alpha value is -2.87. The fraction of sp³-hybridized carbons (Fsp3) is 0.381. The van der Waals surface area contributed by atoms with Gasteiger partial charge in [0, 0.05) is 43.8 Å². The summed E-state index contributed by atoms with van der Waals surface area (Å²) in [6, 6.07) is 7.81. The van der Waals surface area contributed by atoms with Crippen LogP contribution in [-0.4, -0.2) is 46.6 Å². The minimum atomic E-state index is -0.0999. The summed E-state index contributed by atoms with van der Waals surface area (Å²) in [6.07, 6.45) is 2.22. The number of nitrogens with one attached hydrogen (secondary N) is 2. The Balaban J connectivity index is 1.35. The number of carbonyl (C=O) groups excluding carboxylic acids is 2. The Bertz CT molecular complexity index is 991. The molecular weight excluding hydrogens is 388 g/mol. The van der Waals surface area contributed by atoms with Crippen LogP contribution in [0.2, 0.25) is 0 Å². The third-order valence-electron chi connectivity index (χ3n) is 5.33. The monoisotopic (exact) mass is 412 g/mol. The van der Waals surface area contributed by atoms with Gasteiger partial charge in [-0.05, 0) is 47.4 Å². The SMILES string of the molecule is CC(=O)N1CCC(C(=O)Nc2n[nH]c3cc(OCCc4ccsc4)ccc23)CC1. The van der Waals surface area contributed by atoms with Crippen LogP contribution in [0.3, 0.4) is 0 Å². The van der Waals surface area contributed by atoms with Crippen LogP contribution in [-0.2, 0) is 16.0 Å². The van der Waals surface area contributed by atoms with Gasteiger partial charge in [0.2, 0.25) is 11.8 Å². The Morgan fingerprint density at radius 2 is 2.14 bits per heavy atom. The lowest BCUT2D eigenvalue weighted by atomic mass is 9.96. The number of carbonyl (C=O) groups is 2. The number of aromatic amines is 1. The third kappa shape index (κ3) is 4.59. The lowest BCUT2D eigenvalue weighted by Gasteiger charge is -2.30. The number of piperidine rings is 1. The molecule has 2 N–H and O–H groups in total. The average Bonchev–Trinajstić information content (AvgIpc) is 3.38. The van der Waals surface area contributed by atoms with Crippen molar-refractivity contribution in [2.75, 3.05) is 25.0 Å². The highest BCUT2D eigenvalue weighted by molar-refractivity contribution is 7.07. The van der Waals surface area contributed by atoms with Crippen molar-refractivity contribution in [3.8, 4) is 5.75 Å². The lowest BCUT2D eigenvalue weighted by molar-refractivity contribution is -0.132. The van der Waals surface area contributed by atoms with Crippen molar-refractivity contribution in [3.63, 3.8) is 0 Å². The molecule has 1 aromatic carbocycles. The van der Waals surface area contributed by atoms with E-state index in [1.807, 2.05) is 18.2 Å². The van der Waals surface area contributed by atoms with Crippen molar-refractivity contribution in [3.05, 3.63) is 40.6 Å². The molecule has 4 rings (SSSR count). The van der Waals surface area contributed by atoms with E-state index in [0.29, 0.717) is 38.4 Å². The van der Waals surface area contributed by atoms with E-state index in [2.05, 4.69) is 32.3 Å². The van der Waals surface area contributed by atoms with E-state index < -0.39 is 0 Å². The van der Waals surface area contributed by atoms with Gasteiger partial charge in [0.15, 0.2) is 5.82 Å². The van der Waals surface area contributed by atoms with Gasteiger partial charge in [-0.3, -0.25) is 14.7 Å². The molecule has 0 saturated carbocycles. The highest BCUT2D eigenvalue weighted by Crippen LogP contribution is 2.26. The average molecular weight is 413 g/mol. The van der Waals surface area contributed by atoms with Crippen LogP contribution >= 0.6 is 11.3 Å². The van der Waals surface area contributed by atoms with Crippen LogP contribution in [0.25, 0.3) is 10.9 Å². The van der Waals surface area contributed by atoms with Crippen LogP contribution in [0, 0.1) is 5.92 Å². The molecular formula is C21H24N4O3S. The van der Waals surface area contributed by atoms with E-state index >= 15 is 0 Å².